The van der Waals surface area contributed by atoms with Gasteiger partial charge in [0.15, 0.2) is 0 Å². The van der Waals surface area contributed by atoms with Crippen LogP contribution in [0.15, 0.2) is 36.4 Å². The van der Waals surface area contributed by atoms with E-state index in [2.05, 4.69) is 4.74 Å². The van der Waals surface area contributed by atoms with Crippen molar-refractivity contribution in [1.82, 2.24) is 0 Å². The average molecular weight is 407 g/mol. The average Bonchev–Trinajstić information content (AvgIpc) is 2.73. The van der Waals surface area contributed by atoms with E-state index in [1.165, 1.54) is 18.4 Å². The van der Waals surface area contributed by atoms with Crippen molar-refractivity contribution in [3.8, 4) is 5.75 Å². The van der Waals surface area contributed by atoms with E-state index < -0.39 is 6.61 Å². The summed E-state index contributed by atoms with van der Waals surface area (Å²) in [6.45, 7) is -0.775. The Kier molecular flexibility index (Phi) is 8.08. The van der Waals surface area contributed by atoms with Crippen LogP contribution in [-0.4, -0.2) is 18.7 Å². The zero-order chi connectivity index (χ0) is 20.6. The standard InChI is InChI=1S/C24H32F2O3/c1-2-3-4-23(27)28-21-13-9-19(10-14-21)17-5-7-18(8-6-17)20-11-15-22(16-12-20)29-24(25)26/h3-4,11-12,15-19,21,24H,2,5-10,13-14H2,1H3. The van der Waals surface area contributed by atoms with E-state index in [0.717, 1.165) is 56.8 Å². The van der Waals surface area contributed by atoms with Crippen molar-refractivity contribution in [1.29, 1.82) is 0 Å². The molecule has 0 N–H and O–H groups in total. The number of benzene rings is 1. The highest BCUT2D eigenvalue weighted by atomic mass is 19.3. The third-order valence-electron chi connectivity index (χ3n) is 6.51. The van der Waals surface area contributed by atoms with Crippen LogP contribution in [0.4, 0.5) is 8.78 Å². The van der Waals surface area contributed by atoms with E-state index in [0.29, 0.717) is 5.92 Å². The summed E-state index contributed by atoms with van der Waals surface area (Å²) in [5.74, 6) is 2.01. The second-order valence-corrected chi connectivity index (χ2v) is 8.34. The van der Waals surface area contributed by atoms with Crippen molar-refractivity contribution in [3.05, 3.63) is 42.0 Å². The summed E-state index contributed by atoms with van der Waals surface area (Å²) < 4.78 is 34.6. The molecule has 0 bridgehead atoms. The molecule has 160 valence electrons. The molecule has 0 aliphatic heterocycles. The van der Waals surface area contributed by atoms with Gasteiger partial charge in [-0.25, -0.2) is 4.79 Å². The Morgan fingerprint density at radius 1 is 1.00 bits per heavy atom. The van der Waals surface area contributed by atoms with Crippen molar-refractivity contribution in [2.24, 2.45) is 11.8 Å². The number of alkyl halides is 2. The van der Waals surface area contributed by atoms with Crippen LogP contribution >= 0.6 is 0 Å². The Balaban J connectivity index is 1.41. The summed E-state index contributed by atoms with van der Waals surface area (Å²) in [6, 6.07) is 7.14. The van der Waals surface area contributed by atoms with Gasteiger partial charge < -0.3 is 9.47 Å². The van der Waals surface area contributed by atoms with Gasteiger partial charge in [-0.3, -0.25) is 0 Å². The van der Waals surface area contributed by atoms with E-state index in [4.69, 9.17) is 4.74 Å². The van der Waals surface area contributed by atoms with Gasteiger partial charge in [0.1, 0.15) is 11.9 Å². The molecule has 2 aliphatic rings. The lowest BCUT2D eigenvalue weighted by Crippen LogP contribution is -2.29. The summed E-state index contributed by atoms with van der Waals surface area (Å²) in [5, 5.41) is 0. The minimum Gasteiger partial charge on any atom is -0.459 e. The SMILES string of the molecule is CCC=CC(=O)OC1CCC(C2CCC(c3ccc(OC(F)F)cc3)CC2)CC1. The molecule has 0 radical (unpaired) electrons. The molecule has 0 unspecified atom stereocenters. The minimum atomic E-state index is -2.78. The van der Waals surface area contributed by atoms with Crippen LogP contribution < -0.4 is 4.74 Å². The number of hydrogen-bond donors (Lipinski definition) is 0. The molecule has 0 amide bonds. The maximum atomic E-state index is 12.3. The lowest BCUT2D eigenvalue weighted by molar-refractivity contribution is -0.145. The molecular weight excluding hydrogens is 374 g/mol. The summed E-state index contributed by atoms with van der Waals surface area (Å²) in [7, 11) is 0. The molecule has 2 aliphatic carbocycles. The number of hydrogen-bond acceptors (Lipinski definition) is 3. The van der Waals surface area contributed by atoms with Crippen LogP contribution in [0.5, 0.6) is 5.75 Å². The molecule has 0 aromatic heterocycles. The Morgan fingerprint density at radius 2 is 1.59 bits per heavy atom. The Morgan fingerprint density at radius 3 is 2.14 bits per heavy atom. The van der Waals surface area contributed by atoms with Gasteiger partial charge in [-0.1, -0.05) is 25.1 Å². The van der Waals surface area contributed by atoms with Crippen molar-refractivity contribution in [2.75, 3.05) is 0 Å². The van der Waals surface area contributed by atoms with Crippen molar-refractivity contribution in [2.45, 2.75) is 83.3 Å². The predicted molar refractivity (Wildman–Crippen MR) is 109 cm³/mol. The maximum Gasteiger partial charge on any atom is 0.387 e. The van der Waals surface area contributed by atoms with Gasteiger partial charge in [-0.05, 0) is 93.2 Å². The van der Waals surface area contributed by atoms with Crippen LogP contribution in [0.1, 0.15) is 76.2 Å². The van der Waals surface area contributed by atoms with E-state index in [1.54, 1.807) is 18.2 Å². The van der Waals surface area contributed by atoms with Gasteiger partial charge >= 0.3 is 12.6 Å². The number of ether oxygens (including phenoxy) is 2. The minimum absolute atomic E-state index is 0.0746. The molecular formula is C24H32F2O3. The topological polar surface area (TPSA) is 35.5 Å². The summed E-state index contributed by atoms with van der Waals surface area (Å²) in [4.78, 5) is 11.7. The van der Waals surface area contributed by atoms with Gasteiger partial charge in [-0.15, -0.1) is 0 Å². The highest BCUT2D eigenvalue weighted by molar-refractivity contribution is 5.82. The Hall–Kier alpha value is -1.91. The van der Waals surface area contributed by atoms with Gasteiger partial charge in [0, 0.05) is 6.08 Å². The fraction of sp³-hybridized carbons (Fsp3) is 0.625. The highest BCUT2D eigenvalue weighted by Crippen LogP contribution is 2.43. The lowest BCUT2D eigenvalue weighted by atomic mass is 9.69. The van der Waals surface area contributed by atoms with Crippen LogP contribution in [-0.2, 0) is 9.53 Å². The number of esters is 1. The first kappa shape index (κ1) is 21.8. The molecule has 0 atom stereocenters. The van der Waals surface area contributed by atoms with Crippen LogP contribution in [0, 0.1) is 11.8 Å². The van der Waals surface area contributed by atoms with Crippen LogP contribution in [0.3, 0.4) is 0 Å². The smallest absolute Gasteiger partial charge is 0.387 e. The van der Waals surface area contributed by atoms with E-state index in [9.17, 15) is 13.6 Å². The van der Waals surface area contributed by atoms with Crippen molar-refractivity contribution < 1.29 is 23.0 Å². The molecule has 5 heteroatoms. The molecule has 1 aromatic carbocycles. The quantitative estimate of drug-likeness (QED) is 0.377. The van der Waals surface area contributed by atoms with E-state index in [1.807, 2.05) is 25.1 Å². The monoisotopic (exact) mass is 406 g/mol. The zero-order valence-corrected chi connectivity index (χ0v) is 17.2. The molecule has 2 saturated carbocycles. The molecule has 3 rings (SSSR count). The number of allylic oxidation sites excluding steroid dienone is 1. The Labute approximate surface area is 172 Å². The number of carbonyl (C=O) groups excluding carboxylic acids is 1. The third-order valence-corrected chi connectivity index (χ3v) is 6.51. The van der Waals surface area contributed by atoms with Crippen molar-refractivity contribution >= 4 is 5.97 Å². The molecule has 3 nitrogen and oxygen atoms in total. The summed E-state index contributed by atoms with van der Waals surface area (Å²) in [6.07, 6.45) is 13.3. The lowest BCUT2D eigenvalue weighted by Gasteiger charge is -2.37. The maximum absolute atomic E-state index is 12.3. The van der Waals surface area contributed by atoms with Crippen LogP contribution in [0.25, 0.3) is 0 Å². The predicted octanol–water partition coefficient (Wildman–Crippen LogP) is 6.63. The first-order chi connectivity index (χ1) is 14.0. The largest absolute Gasteiger partial charge is 0.459 e. The Bertz CT molecular complexity index is 655. The van der Waals surface area contributed by atoms with Gasteiger partial charge in [-0.2, -0.15) is 8.78 Å². The van der Waals surface area contributed by atoms with Crippen molar-refractivity contribution in [3.63, 3.8) is 0 Å². The van der Waals surface area contributed by atoms with Gasteiger partial charge in [0.2, 0.25) is 0 Å². The van der Waals surface area contributed by atoms with Crippen LogP contribution in [0.2, 0.25) is 0 Å². The molecule has 29 heavy (non-hydrogen) atoms. The first-order valence-corrected chi connectivity index (χ1v) is 11.0. The van der Waals surface area contributed by atoms with E-state index in [-0.39, 0.29) is 17.8 Å². The second kappa shape index (κ2) is 10.7. The number of halogens is 2. The van der Waals surface area contributed by atoms with Gasteiger partial charge in [0.25, 0.3) is 0 Å². The number of carbonyl (C=O) groups is 1. The molecule has 1 aromatic rings. The molecule has 0 saturated heterocycles. The summed E-state index contributed by atoms with van der Waals surface area (Å²) >= 11 is 0. The summed E-state index contributed by atoms with van der Waals surface area (Å²) in [5.41, 5.74) is 1.22. The number of rotatable bonds is 7. The van der Waals surface area contributed by atoms with E-state index >= 15 is 0 Å². The zero-order valence-electron chi connectivity index (χ0n) is 17.2. The highest BCUT2D eigenvalue weighted by Gasteiger charge is 2.32. The molecule has 2 fully saturated rings. The normalized spacial score (nSPS) is 27.9. The molecule has 0 heterocycles. The fourth-order valence-corrected chi connectivity index (χ4v) is 4.94. The second-order valence-electron chi connectivity index (χ2n) is 8.34. The molecule has 0 spiro atoms. The third kappa shape index (κ3) is 6.55. The first-order valence-electron chi connectivity index (χ1n) is 11.0. The van der Waals surface area contributed by atoms with Gasteiger partial charge in [0.05, 0.1) is 0 Å². The fourth-order valence-electron chi connectivity index (χ4n) is 4.94.